The first-order valence-corrected chi connectivity index (χ1v) is 12.8. The van der Waals surface area contributed by atoms with E-state index in [0.29, 0.717) is 25.7 Å². The lowest BCUT2D eigenvalue weighted by atomic mass is 9.65. The van der Waals surface area contributed by atoms with Crippen molar-refractivity contribution in [2.24, 2.45) is 11.8 Å². The number of ether oxygens (including phenoxy) is 1. The minimum Gasteiger partial charge on any atom is -0.481 e. The fourth-order valence-corrected chi connectivity index (χ4v) is 6.81. The molecule has 8 nitrogen and oxygen atoms in total. The molecule has 3 heterocycles. The average molecular weight is 499 g/mol. The topological polar surface area (TPSA) is 107 Å². The maximum Gasteiger partial charge on any atom is 0.310 e. The Kier molecular flexibility index (Phi) is 6.81. The molecule has 3 saturated heterocycles. The van der Waals surface area contributed by atoms with Gasteiger partial charge in [0, 0.05) is 12.1 Å². The molecule has 1 aromatic carbocycles. The van der Waals surface area contributed by atoms with Crippen LogP contribution in [-0.4, -0.2) is 79.8 Å². The van der Waals surface area contributed by atoms with Gasteiger partial charge in [-0.1, -0.05) is 43.3 Å². The van der Waals surface area contributed by atoms with Crippen molar-refractivity contribution in [3.8, 4) is 0 Å². The summed E-state index contributed by atoms with van der Waals surface area (Å²) < 4.78 is 6.62. The van der Waals surface area contributed by atoms with Gasteiger partial charge in [0.1, 0.15) is 17.6 Å². The summed E-state index contributed by atoms with van der Waals surface area (Å²) in [5.41, 5.74) is -1.89. The van der Waals surface area contributed by atoms with Crippen molar-refractivity contribution in [2.75, 3.05) is 13.2 Å². The zero-order valence-corrected chi connectivity index (χ0v) is 21.6. The number of carbonyl (C=O) groups excluding carboxylic acids is 2. The third-order valence-corrected chi connectivity index (χ3v) is 8.42. The molecule has 8 heteroatoms. The predicted molar refractivity (Wildman–Crippen MR) is 134 cm³/mol. The van der Waals surface area contributed by atoms with Gasteiger partial charge >= 0.3 is 5.97 Å². The minimum absolute atomic E-state index is 0.269. The van der Waals surface area contributed by atoms with Crippen LogP contribution in [0.2, 0.25) is 0 Å². The van der Waals surface area contributed by atoms with Crippen LogP contribution in [0.1, 0.15) is 52.5 Å². The van der Waals surface area contributed by atoms with Gasteiger partial charge in [0.2, 0.25) is 11.8 Å². The smallest absolute Gasteiger partial charge is 0.310 e. The molecule has 0 saturated carbocycles. The second kappa shape index (κ2) is 9.30. The van der Waals surface area contributed by atoms with Crippen molar-refractivity contribution in [1.82, 2.24) is 9.80 Å². The van der Waals surface area contributed by atoms with Crippen LogP contribution in [0, 0.1) is 11.8 Å². The van der Waals surface area contributed by atoms with Gasteiger partial charge in [-0.3, -0.25) is 14.4 Å². The van der Waals surface area contributed by atoms with Gasteiger partial charge in [-0.2, -0.15) is 0 Å². The van der Waals surface area contributed by atoms with Crippen LogP contribution in [0.3, 0.4) is 0 Å². The molecule has 2 amide bonds. The molecule has 3 aliphatic rings. The molecule has 0 radical (unpaired) electrons. The number of carboxylic acid groups (broad SMARTS) is 1. The number of nitrogens with zero attached hydrogens (tertiary/aromatic N) is 2. The summed E-state index contributed by atoms with van der Waals surface area (Å²) in [4.78, 5) is 44.2. The maximum absolute atomic E-state index is 14.4. The summed E-state index contributed by atoms with van der Waals surface area (Å²) in [6.45, 7) is 11.3. The highest BCUT2D eigenvalue weighted by molar-refractivity contribution is 5.98. The zero-order valence-electron chi connectivity index (χ0n) is 21.6. The summed E-state index contributed by atoms with van der Waals surface area (Å²) in [5, 5.41) is 20.7. The number of carboxylic acids is 1. The van der Waals surface area contributed by atoms with Gasteiger partial charge in [0.25, 0.3) is 0 Å². The van der Waals surface area contributed by atoms with Gasteiger partial charge in [0.05, 0.1) is 24.2 Å². The Labute approximate surface area is 212 Å². The second-order valence-electron chi connectivity index (χ2n) is 11.4. The summed E-state index contributed by atoms with van der Waals surface area (Å²) in [7, 11) is 0. The number of hydrogen-bond acceptors (Lipinski definition) is 5. The molecule has 2 N–H and O–H groups in total. The number of hydrogen-bond donors (Lipinski definition) is 2. The van der Waals surface area contributed by atoms with E-state index in [0.717, 1.165) is 5.56 Å². The van der Waals surface area contributed by atoms with E-state index in [1.165, 1.54) is 4.90 Å². The normalized spacial score (nSPS) is 31.9. The summed E-state index contributed by atoms with van der Waals surface area (Å²) >= 11 is 0. The van der Waals surface area contributed by atoms with E-state index in [9.17, 15) is 24.6 Å². The molecule has 196 valence electrons. The first kappa shape index (κ1) is 26.4. The van der Waals surface area contributed by atoms with Crippen molar-refractivity contribution < 1.29 is 29.3 Å². The molecular weight excluding hydrogens is 460 g/mol. The Balaban J connectivity index is 1.86. The van der Waals surface area contributed by atoms with E-state index in [-0.39, 0.29) is 19.1 Å². The highest BCUT2D eigenvalue weighted by Gasteiger charge is 2.79. The quantitative estimate of drug-likeness (QED) is 0.507. The molecule has 0 aromatic heterocycles. The molecule has 3 fully saturated rings. The van der Waals surface area contributed by atoms with Crippen molar-refractivity contribution in [3.05, 3.63) is 48.6 Å². The van der Waals surface area contributed by atoms with E-state index in [1.54, 1.807) is 11.0 Å². The Morgan fingerprint density at radius 3 is 2.47 bits per heavy atom. The fraction of sp³-hybridized carbons (Fsp3) is 0.607. The highest BCUT2D eigenvalue weighted by atomic mass is 16.5. The molecule has 0 aliphatic carbocycles. The lowest BCUT2D eigenvalue weighted by Gasteiger charge is -2.43. The van der Waals surface area contributed by atoms with Crippen LogP contribution < -0.4 is 0 Å². The van der Waals surface area contributed by atoms with Gasteiger partial charge in [-0.05, 0) is 52.0 Å². The van der Waals surface area contributed by atoms with Crippen LogP contribution in [0.4, 0.5) is 0 Å². The third-order valence-electron chi connectivity index (χ3n) is 8.42. The van der Waals surface area contributed by atoms with E-state index in [1.807, 2.05) is 58.0 Å². The van der Waals surface area contributed by atoms with Crippen LogP contribution in [-0.2, 0) is 25.5 Å². The first-order valence-electron chi connectivity index (χ1n) is 12.8. The average Bonchev–Trinajstić information content (AvgIpc) is 3.44. The van der Waals surface area contributed by atoms with Gasteiger partial charge in [-0.15, -0.1) is 6.58 Å². The van der Waals surface area contributed by atoms with Crippen molar-refractivity contribution in [1.29, 1.82) is 0 Å². The summed E-state index contributed by atoms with van der Waals surface area (Å²) in [6.07, 6.45) is 3.32. The van der Waals surface area contributed by atoms with Crippen molar-refractivity contribution in [2.45, 2.75) is 82.2 Å². The lowest BCUT2D eigenvalue weighted by molar-refractivity contribution is -0.161. The molecular formula is C28H38N2O6. The number of aliphatic carboxylic acids is 1. The molecule has 1 spiro atoms. The van der Waals surface area contributed by atoms with Crippen LogP contribution in [0.15, 0.2) is 43.0 Å². The fourth-order valence-electron chi connectivity index (χ4n) is 6.81. The standard InChI is InChI=1S/C28H38N2O6/c1-6-15-29(26(3,4)5)24(33)22-28-14-13-27(7-2,36-28)21(25(34)35)20(28)23(32)30(22)19(17-31)16-18-11-9-8-10-12-18/h6,8-12,19-22,31H,1,7,13-17H2,2-5H3,(H,34,35)/t19-,20+,21-,22?,27+,28?/m1/s1. The van der Waals surface area contributed by atoms with E-state index >= 15 is 0 Å². The van der Waals surface area contributed by atoms with Crippen LogP contribution in [0.5, 0.6) is 0 Å². The Bertz CT molecular complexity index is 1040. The minimum atomic E-state index is -1.25. The highest BCUT2D eigenvalue weighted by Crippen LogP contribution is 2.64. The zero-order chi connectivity index (χ0) is 26.5. The number of aliphatic hydroxyl groups excluding tert-OH is 1. The SMILES string of the molecule is C=CCN(C(=O)C1N([C@@H](CO)Cc2ccccc2)C(=O)[C@@H]2[C@H](C(=O)O)[C@]3(CC)CCC12O3)C(C)(C)C. The van der Waals surface area contributed by atoms with Gasteiger partial charge < -0.3 is 24.7 Å². The number of aliphatic hydroxyl groups is 1. The number of carbonyl (C=O) groups is 3. The Morgan fingerprint density at radius 1 is 1.28 bits per heavy atom. The maximum atomic E-state index is 14.4. The van der Waals surface area contributed by atoms with Crippen molar-refractivity contribution >= 4 is 17.8 Å². The Morgan fingerprint density at radius 2 is 1.94 bits per heavy atom. The van der Waals surface area contributed by atoms with E-state index < -0.39 is 52.5 Å². The molecule has 4 rings (SSSR count). The lowest BCUT2D eigenvalue weighted by Crippen LogP contribution is -2.62. The number of rotatable bonds is 9. The second-order valence-corrected chi connectivity index (χ2v) is 11.4. The number of benzene rings is 1. The molecule has 2 bridgehead atoms. The number of likely N-dealkylation sites (tertiary alicyclic amines) is 1. The van der Waals surface area contributed by atoms with Gasteiger partial charge in [0.15, 0.2) is 0 Å². The first-order chi connectivity index (χ1) is 17.0. The molecule has 3 aliphatic heterocycles. The Hall–Kier alpha value is -2.71. The number of fused-ring (bicyclic) bond motifs is 1. The molecule has 36 heavy (non-hydrogen) atoms. The van der Waals surface area contributed by atoms with Crippen LogP contribution >= 0.6 is 0 Å². The third kappa shape index (κ3) is 3.86. The van der Waals surface area contributed by atoms with E-state index in [4.69, 9.17) is 4.74 Å². The van der Waals surface area contributed by atoms with E-state index in [2.05, 4.69) is 6.58 Å². The largest absolute Gasteiger partial charge is 0.481 e. The van der Waals surface area contributed by atoms with Gasteiger partial charge in [-0.25, -0.2) is 0 Å². The summed E-state index contributed by atoms with van der Waals surface area (Å²) in [6, 6.07) is 7.74. The van der Waals surface area contributed by atoms with Crippen LogP contribution in [0.25, 0.3) is 0 Å². The molecule has 2 unspecified atom stereocenters. The predicted octanol–water partition coefficient (Wildman–Crippen LogP) is 2.64. The molecule has 1 aromatic rings. The summed E-state index contributed by atoms with van der Waals surface area (Å²) in [5.74, 6) is -3.82. The van der Waals surface area contributed by atoms with Crippen molar-refractivity contribution in [3.63, 3.8) is 0 Å². The monoisotopic (exact) mass is 498 g/mol. The number of amides is 2. The molecule has 6 atom stereocenters.